The molecule has 0 saturated heterocycles. The highest BCUT2D eigenvalue weighted by Crippen LogP contribution is 2.38. The summed E-state index contributed by atoms with van der Waals surface area (Å²) in [6.45, 7) is 4.01. The molecule has 0 radical (unpaired) electrons. The standard InChI is InChI=1S/C46H34N4/c1-31-23-26-39(32(2)47-31)46-49-44(37-24-27-40(33-15-7-3-8-16-33)42(29-37)35-19-11-5-12-20-35)48-45(50-46)38-25-28-41(34-17-9-4-10-18-34)43(30-38)36-21-13-6-14-22-36/h3-30H,1-2H3. The van der Waals surface area contributed by atoms with Gasteiger partial charge in [-0.1, -0.05) is 146 Å². The van der Waals surface area contributed by atoms with E-state index in [1.54, 1.807) is 0 Å². The van der Waals surface area contributed by atoms with E-state index < -0.39 is 0 Å². The summed E-state index contributed by atoms with van der Waals surface area (Å²) < 4.78 is 0. The molecule has 8 aromatic rings. The van der Waals surface area contributed by atoms with E-state index in [9.17, 15) is 0 Å². The first-order valence-corrected chi connectivity index (χ1v) is 16.8. The molecule has 50 heavy (non-hydrogen) atoms. The Kier molecular flexibility index (Phi) is 8.34. The first kappa shape index (κ1) is 30.8. The van der Waals surface area contributed by atoms with E-state index in [1.807, 2.05) is 44.2 Å². The molecule has 0 saturated carbocycles. The first-order chi connectivity index (χ1) is 24.6. The van der Waals surface area contributed by atoms with Gasteiger partial charge in [0.1, 0.15) is 0 Å². The normalized spacial score (nSPS) is 11.0. The van der Waals surface area contributed by atoms with Crippen molar-refractivity contribution in [1.82, 2.24) is 19.9 Å². The number of nitrogens with zero attached hydrogens (tertiary/aromatic N) is 4. The Morgan fingerprint density at radius 2 is 0.640 bits per heavy atom. The average Bonchev–Trinajstić information content (AvgIpc) is 3.18. The third-order valence-electron chi connectivity index (χ3n) is 9.00. The number of aromatic nitrogens is 4. The Hall–Kier alpha value is -6.52. The minimum atomic E-state index is 0.594. The van der Waals surface area contributed by atoms with Gasteiger partial charge in [-0.2, -0.15) is 0 Å². The van der Waals surface area contributed by atoms with Gasteiger partial charge in [0.15, 0.2) is 17.5 Å². The van der Waals surface area contributed by atoms with Crippen molar-refractivity contribution >= 4 is 0 Å². The molecule has 0 N–H and O–H groups in total. The SMILES string of the molecule is Cc1ccc(-c2nc(-c3ccc(-c4ccccc4)c(-c4ccccc4)c3)nc(-c3ccc(-c4ccccc4)c(-c4ccccc4)c3)n2)c(C)n1. The number of hydrogen-bond acceptors (Lipinski definition) is 4. The van der Waals surface area contributed by atoms with Crippen LogP contribution in [0.2, 0.25) is 0 Å². The maximum absolute atomic E-state index is 5.18. The largest absolute Gasteiger partial charge is 0.258 e. The van der Waals surface area contributed by atoms with Crippen molar-refractivity contribution < 1.29 is 0 Å². The predicted octanol–water partition coefficient (Wildman–Crippen LogP) is 11.6. The second-order valence-electron chi connectivity index (χ2n) is 12.4. The van der Waals surface area contributed by atoms with E-state index in [0.29, 0.717) is 17.5 Å². The van der Waals surface area contributed by atoms with Crippen LogP contribution in [-0.2, 0) is 0 Å². The maximum atomic E-state index is 5.18. The van der Waals surface area contributed by atoms with E-state index in [2.05, 4.69) is 140 Å². The molecule has 0 atom stereocenters. The molecule has 2 heterocycles. The van der Waals surface area contributed by atoms with Crippen LogP contribution in [0.15, 0.2) is 170 Å². The molecule has 0 spiro atoms. The molecule has 0 aliphatic carbocycles. The highest BCUT2D eigenvalue weighted by atomic mass is 15.0. The van der Waals surface area contributed by atoms with Crippen LogP contribution in [0.1, 0.15) is 11.4 Å². The Morgan fingerprint density at radius 3 is 1.04 bits per heavy atom. The fourth-order valence-electron chi connectivity index (χ4n) is 6.50. The number of benzene rings is 6. The van der Waals surface area contributed by atoms with E-state index in [-0.39, 0.29) is 0 Å². The van der Waals surface area contributed by atoms with Gasteiger partial charge in [0.05, 0.1) is 0 Å². The summed E-state index contributed by atoms with van der Waals surface area (Å²) in [6, 6.07) is 59.1. The molecule has 0 amide bonds. The molecule has 238 valence electrons. The summed E-state index contributed by atoms with van der Waals surface area (Å²) in [5.74, 6) is 1.81. The summed E-state index contributed by atoms with van der Waals surface area (Å²) in [5, 5.41) is 0. The van der Waals surface area contributed by atoms with Crippen molar-refractivity contribution in [2.24, 2.45) is 0 Å². The fourth-order valence-corrected chi connectivity index (χ4v) is 6.50. The van der Waals surface area contributed by atoms with Crippen molar-refractivity contribution in [2.45, 2.75) is 13.8 Å². The lowest BCUT2D eigenvalue weighted by molar-refractivity contribution is 1.05. The van der Waals surface area contributed by atoms with Crippen LogP contribution in [0.5, 0.6) is 0 Å². The van der Waals surface area contributed by atoms with Gasteiger partial charge in [-0.3, -0.25) is 4.98 Å². The van der Waals surface area contributed by atoms with Crippen LogP contribution < -0.4 is 0 Å². The van der Waals surface area contributed by atoms with Crippen molar-refractivity contribution in [3.63, 3.8) is 0 Å². The first-order valence-electron chi connectivity index (χ1n) is 16.8. The summed E-state index contributed by atoms with van der Waals surface area (Å²) in [7, 11) is 0. The van der Waals surface area contributed by atoms with Crippen molar-refractivity contribution in [2.75, 3.05) is 0 Å². The average molecular weight is 643 g/mol. The second kappa shape index (κ2) is 13.5. The van der Waals surface area contributed by atoms with E-state index >= 15 is 0 Å². The highest BCUT2D eigenvalue weighted by Gasteiger charge is 2.18. The minimum absolute atomic E-state index is 0.594. The van der Waals surface area contributed by atoms with Gasteiger partial charge in [0, 0.05) is 28.1 Å². The summed E-state index contributed by atoms with van der Waals surface area (Å²) in [5.41, 5.74) is 13.6. The summed E-state index contributed by atoms with van der Waals surface area (Å²) >= 11 is 0. The van der Waals surface area contributed by atoms with Crippen LogP contribution in [0.3, 0.4) is 0 Å². The molecule has 0 aliphatic heterocycles. The number of pyridine rings is 1. The summed E-state index contributed by atoms with van der Waals surface area (Å²) in [6.07, 6.45) is 0. The molecular weight excluding hydrogens is 609 g/mol. The lowest BCUT2D eigenvalue weighted by Gasteiger charge is -2.15. The van der Waals surface area contributed by atoms with Crippen molar-refractivity contribution in [3.8, 4) is 78.7 Å². The number of hydrogen-bond donors (Lipinski definition) is 0. The summed E-state index contributed by atoms with van der Waals surface area (Å²) in [4.78, 5) is 20.2. The Labute approximate surface area is 292 Å². The quantitative estimate of drug-likeness (QED) is 0.174. The molecule has 6 aromatic carbocycles. The van der Waals surface area contributed by atoms with Crippen LogP contribution in [0.25, 0.3) is 78.7 Å². The maximum Gasteiger partial charge on any atom is 0.165 e. The van der Waals surface area contributed by atoms with Gasteiger partial charge < -0.3 is 0 Å². The zero-order chi connectivity index (χ0) is 33.9. The van der Waals surface area contributed by atoms with Crippen molar-refractivity contribution in [1.29, 1.82) is 0 Å². The highest BCUT2D eigenvalue weighted by molar-refractivity contribution is 5.88. The molecule has 0 aliphatic rings. The molecule has 0 fully saturated rings. The van der Waals surface area contributed by atoms with Crippen LogP contribution in [0, 0.1) is 13.8 Å². The zero-order valence-electron chi connectivity index (χ0n) is 28.0. The molecule has 0 unspecified atom stereocenters. The Morgan fingerprint density at radius 1 is 0.280 bits per heavy atom. The minimum Gasteiger partial charge on any atom is -0.258 e. The fraction of sp³-hybridized carbons (Fsp3) is 0.0435. The third-order valence-corrected chi connectivity index (χ3v) is 9.00. The predicted molar refractivity (Wildman–Crippen MR) is 205 cm³/mol. The number of rotatable bonds is 7. The lowest BCUT2D eigenvalue weighted by Crippen LogP contribution is -2.02. The molecule has 8 rings (SSSR count). The van der Waals surface area contributed by atoms with Gasteiger partial charge in [0.25, 0.3) is 0 Å². The number of aryl methyl sites for hydroxylation is 2. The van der Waals surface area contributed by atoms with Crippen LogP contribution in [-0.4, -0.2) is 19.9 Å². The monoisotopic (exact) mass is 642 g/mol. The Balaban J connectivity index is 1.34. The molecule has 4 heteroatoms. The van der Waals surface area contributed by atoms with Gasteiger partial charge in [-0.25, -0.2) is 15.0 Å². The van der Waals surface area contributed by atoms with Crippen LogP contribution >= 0.6 is 0 Å². The molecule has 2 aromatic heterocycles. The zero-order valence-corrected chi connectivity index (χ0v) is 28.0. The van der Waals surface area contributed by atoms with Gasteiger partial charge in [-0.15, -0.1) is 0 Å². The van der Waals surface area contributed by atoms with E-state index in [1.165, 1.54) is 0 Å². The molecule has 0 bridgehead atoms. The molecular formula is C46H34N4. The van der Waals surface area contributed by atoms with Gasteiger partial charge in [-0.05, 0) is 82.6 Å². The lowest BCUT2D eigenvalue weighted by atomic mass is 9.92. The van der Waals surface area contributed by atoms with E-state index in [4.69, 9.17) is 19.9 Å². The molecule has 4 nitrogen and oxygen atoms in total. The second-order valence-corrected chi connectivity index (χ2v) is 12.4. The van der Waals surface area contributed by atoms with Crippen LogP contribution in [0.4, 0.5) is 0 Å². The van der Waals surface area contributed by atoms with Crippen molar-refractivity contribution in [3.05, 3.63) is 181 Å². The third kappa shape index (κ3) is 6.23. The smallest absolute Gasteiger partial charge is 0.165 e. The van der Waals surface area contributed by atoms with Gasteiger partial charge >= 0.3 is 0 Å². The Bertz CT molecular complexity index is 2280. The van der Waals surface area contributed by atoms with Gasteiger partial charge in [0.2, 0.25) is 0 Å². The topological polar surface area (TPSA) is 51.6 Å². The van der Waals surface area contributed by atoms with E-state index in [0.717, 1.165) is 72.6 Å².